The molecule has 0 fully saturated rings. The van der Waals surface area contributed by atoms with Gasteiger partial charge in [-0.3, -0.25) is 4.90 Å². The molecule has 0 radical (unpaired) electrons. The third-order valence-corrected chi connectivity index (χ3v) is 3.45. The van der Waals surface area contributed by atoms with E-state index < -0.39 is 0 Å². The van der Waals surface area contributed by atoms with Crippen LogP contribution in [-0.2, 0) is 6.54 Å². The number of rotatable bonds is 2. The summed E-state index contributed by atoms with van der Waals surface area (Å²) in [5.41, 5.74) is 2.06. The Morgan fingerprint density at radius 2 is 1.88 bits per heavy atom. The van der Waals surface area contributed by atoms with Gasteiger partial charge in [-0.25, -0.2) is 0 Å². The molecule has 17 heavy (non-hydrogen) atoms. The molecule has 0 aromatic heterocycles. The summed E-state index contributed by atoms with van der Waals surface area (Å²) in [6.07, 6.45) is 1.56. The molecule has 0 amide bonds. The van der Waals surface area contributed by atoms with Gasteiger partial charge >= 0.3 is 0 Å². The molecule has 0 atom stereocenters. The highest BCUT2D eigenvalue weighted by atomic mass is 35.5. The Morgan fingerprint density at radius 1 is 1.18 bits per heavy atom. The van der Waals surface area contributed by atoms with Gasteiger partial charge in [0.05, 0.1) is 6.07 Å². The van der Waals surface area contributed by atoms with E-state index in [0.29, 0.717) is 0 Å². The van der Waals surface area contributed by atoms with E-state index in [4.69, 9.17) is 16.9 Å². The van der Waals surface area contributed by atoms with E-state index >= 15 is 0 Å². The van der Waals surface area contributed by atoms with Crippen LogP contribution in [-0.4, -0.2) is 18.0 Å². The Balaban J connectivity index is 1.97. The van der Waals surface area contributed by atoms with E-state index in [-0.39, 0.29) is 0 Å². The number of nitriles is 1. The van der Waals surface area contributed by atoms with Crippen molar-refractivity contribution in [3.8, 4) is 6.07 Å². The minimum Gasteiger partial charge on any atom is -0.298 e. The molecule has 1 heterocycles. The van der Waals surface area contributed by atoms with E-state index in [0.717, 1.165) is 43.1 Å². The maximum absolute atomic E-state index is 8.95. The first kappa shape index (κ1) is 12.2. The molecule has 2 nitrogen and oxygen atoms in total. The molecule has 0 saturated carbocycles. The third kappa shape index (κ3) is 3.33. The fourth-order valence-corrected chi connectivity index (χ4v) is 2.26. The number of benzene rings is 1. The van der Waals surface area contributed by atoms with Gasteiger partial charge in [-0.2, -0.15) is 5.26 Å². The Bertz CT molecular complexity index is 445. The highest BCUT2D eigenvalue weighted by molar-refractivity contribution is 6.30. The first-order chi connectivity index (χ1) is 8.29. The van der Waals surface area contributed by atoms with Crippen LogP contribution >= 0.6 is 11.6 Å². The number of hydrogen-bond acceptors (Lipinski definition) is 2. The van der Waals surface area contributed by atoms with Crippen molar-refractivity contribution in [3.63, 3.8) is 0 Å². The van der Waals surface area contributed by atoms with Gasteiger partial charge < -0.3 is 0 Å². The Labute approximate surface area is 107 Å². The first-order valence-electron chi connectivity index (χ1n) is 5.83. The van der Waals surface area contributed by atoms with Crippen LogP contribution in [0.25, 0.3) is 0 Å². The molecule has 0 saturated heterocycles. The molecular formula is C14H15ClN2. The number of halogens is 1. The van der Waals surface area contributed by atoms with Crippen LogP contribution in [0.3, 0.4) is 0 Å². The van der Waals surface area contributed by atoms with E-state index in [9.17, 15) is 0 Å². The second-order valence-electron chi connectivity index (χ2n) is 4.26. The zero-order valence-electron chi connectivity index (χ0n) is 9.69. The average Bonchev–Trinajstić information content (AvgIpc) is 2.53. The van der Waals surface area contributed by atoms with Gasteiger partial charge in [0.25, 0.3) is 0 Å². The van der Waals surface area contributed by atoms with Crippen molar-refractivity contribution in [2.75, 3.05) is 13.1 Å². The maximum Gasteiger partial charge on any atom is 0.0959 e. The average molecular weight is 247 g/mol. The lowest BCUT2D eigenvalue weighted by Gasteiger charge is -2.19. The molecule has 3 heteroatoms. The summed E-state index contributed by atoms with van der Waals surface area (Å²) in [7, 11) is 0. The molecule has 1 aromatic carbocycles. The summed E-state index contributed by atoms with van der Waals surface area (Å²) in [5, 5.41) is 9.69. The van der Waals surface area contributed by atoms with Crippen LogP contribution in [0.2, 0.25) is 0 Å². The van der Waals surface area contributed by atoms with Crippen LogP contribution in [0, 0.1) is 11.3 Å². The van der Waals surface area contributed by atoms with Crippen molar-refractivity contribution in [3.05, 3.63) is 46.5 Å². The molecule has 1 aliphatic rings. The molecular weight excluding hydrogens is 232 g/mol. The predicted octanol–water partition coefficient (Wildman–Crippen LogP) is 3.30. The second kappa shape index (κ2) is 5.86. The first-order valence-corrected chi connectivity index (χ1v) is 6.21. The standard InChI is InChI=1S/C14H15ClN2/c15-14-7-9-17(8-6-13(14)10-16)11-12-4-2-1-3-5-12/h1-5H,6-9,11H2. The van der Waals surface area contributed by atoms with E-state index in [1.807, 2.05) is 6.07 Å². The molecule has 0 bridgehead atoms. The van der Waals surface area contributed by atoms with Crippen molar-refractivity contribution < 1.29 is 0 Å². The van der Waals surface area contributed by atoms with Crippen molar-refractivity contribution in [1.29, 1.82) is 5.26 Å². The molecule has 1 aromatic rings. The highest BCUT2D eigenvalue weighted by Gasteiger charge is 2.15. The van der Waals surface area contributed by atoms with Crippen LogP contribution in [0.4, 0.5) is 0 Å². The van der Waals surface area contributed by atoms with Crippen LogP contribution in [0.5, 0.6) is 0 Å². The maximum atomic E-state index is 8.95. The van der Waals surface area contributed by atoms with E-state index in [1.54, 1.807) is 0 Å². The summed E-state index contributed by atoms with van der Waals surface area (Å²) < 4.78 is 0. The van der Waals surface area contributed by atoms with E-state index in [1.165, 1.54) is 5.56 Å². The fraction of sp³-hybridized carbons (Fsp3) is 0.357. The molecule has 2 rings (SSSR count). The molecule has 0 aliphatic carbocycles. The SMILES string of the molecule is N#CC1=C(Cl)CCN(Cc2ccccc2)CC1. The van der Waals surface area contributed by atoms with Gasteiger partial charge in [-0.05, 0) is 18.4 Å². The predicted molar refractivity (Wildman–Crippen MR) is 69.4 cm³/mol. The molecule has 0 N–H and O–H groups in total. The molecule has 88 valence electrons. The minimum absolute atomic E-state index is 0.739. The van der Waals surface area contributed by atoms with Crippen LogP contribution < -0.4 is 0 Å². The Kier molecular flexibility index (Phi) is 4.19. The monoisotopic (exact) mass is 246 g/mol. The molecule has 0 spiro atoms. The molecule has 0 unspecified atom stereocenters. The van der Waals surface area contributed by atoms with Crippen LogP contribution in [0.1, 0.15) is 18.4 Å². The smallest absolute Gasteiger partial charge is 0.0959 e. The van der Waals surface area contributed by atoms with Gasteiger partial charge in [0.2, 0.25) is 0 Å². The zero-order chi connectivity index (χ0) is 12.1. The lowest BCUT2D eigenvalue weighted by atomic mass is 10.2. The quantitative estimate of drug-likeness (QED) is 0.801. The van der Waals surface area contributed by atoms with E-state index in [2.05, 4.69) is 35.2 Å². The van der Waals surface area contributed by atoms with Gasteiger partial charge in [-0.1, -0.05) is 41.9 Å². The summed E-state index contributed by atoms with van der Waals surface area (Å²) in [4.78, 5) is 2.35. The fourth-order valence-electron chi connectivity index (χ4n) is 2.04. The summed E-state index contributed by atoms with van der Waals surface area (Å²) in [6.45, 7) is 2.77. The number of nitrogens with zero attached hydrogens (tertiary/aromatic N) is 2. The summed E-state index contributed by atoms with van der Waals surface area (Å²) in [6, 6.07) is 12.6. The number of hydrogen-bond donors (Lipinski definition) is 0. The lowest BCUT2D eigenvalue weighted by molar-refractivity contribution is 0.280. The van der Waals surface area contributed by atoms with Gasteiger partial charge in [0, 0.05) is 30.2 Å². The van der Waals surface area contributed by atoms with Crippen molar-refractivity contribution in [1.82, 2.24) is 4.90 Å². The van der Waals surface area contributed by atoms with Crippen molar-refractivity contribution in [2.45, 2.75) is 19.4 Å². The van der Waals surface area contributed by atoms with Crippen molar-refractivity contribution >= 4 is 11.6 Å². The lowest BCUT2D eigenvalue weighted by Crippen LogP contribution is -2.24. The topological polar surface area (TPSA) is 27.0 Å². The Morgan fingerprint density at radius 3 is 2.59 bits per heavy atom. The van der Waals surface area contributed by atoms with Crippen molar-refractivity contribution in [2.24, 2.45) is 0 Å². The normalized spacial score (nSPS) is 17.6. The van der Waals surface area contributed by atoms with Gasteiger partial charge in [0.1, 0.15) is 0 Å². The highest BCUT2D eigenvalue weighted by Crippen LogP contribution is 2.22. The van der Waals surface area contributed by atoms with Gasteiger partial charge in [-0.15, -0.1) is 0 Å². The summed E-state index contributed by atoms with van der Waals surface area (Å²) in [5.74, 6) is 0. The summed E-state index contributed by atoms with van der Waals surface area (Å²) >= 11 is 6.09. The second-order valence-corrected chi connectivity index (χ2v) is 4.71. The Hall–Kier alpha value is -1.30. The van der Waals surface area contributed by atoms with Crippen LogP contribution in [0.15, 0.2) is 40.9 Å². The van der Waals surface area contributed by atoms with Gasteiger partial charge in [0.15, 0.2) is 0 Å². The third-order valence-electron chi connectivity index (χ3n) is 3.04. The molecule has 1 aliphatic heterocycles. The largest absolute Gasteiger partial charge is 0.298 e. The zero-order valence-corrected chi connectivity index (χ0v) is 10.5. The minimum atomic E-state index is 0.739.